The number of fused-ring (bicyclic) bond motifs is 1. The van der Waals surface area contributed by atoms with E-state index in [1.165, 1.54) is 12.1 Å². The van der Waals surface area contributed by atoms with Crippen LogP contribution in [0.4, 0.5) is 13.2 Å². The molecule has 0 bridgehead atoms. The molecule has 0 N–H and O–H groups in total. The zero-order valence-corrected chi connectivity index (χ0v) is 13.0. The van der Waals surface area contributed by atoms with Crippen LogP contribution in [0.1, 0.15) is 23.2 Å². The second-order valence-corrected chi connectivity index (χ2v) is 8.47. The summed E-state index contributed by atoms with van der Waals surface area (Å²) < 4.78 is 65.4. The fraction of sp³-hybridized carbons (Fsp3) is 0.533. The first-order valence-electron chi connectivity index (χ1n) is 7.30. The molecule has 2 aliphatic rings. The number of benzene rings is 1. The summed E-state index contributed by atoms with van der Waals surface area (Å²) in [6.07, 6.45) is -4.93. The van der Waals surface area contributed by atoms with Crippen LogP contribution in [-0.4, -0.2) is 49.5 Å². The molecule has 3 rings (SSSR count). The second kappa shape index (κ2) is 5.22. The molecule has 0 aliphatic carbocycles. The standard InChI is InChI=1S/C15H16F3NO3S/c16-15(17,18)14-7-4-8-23(21,22)12(14)9-19(10-14)13(20)11-5-2-1-3-6-11/h1-3,5-6,12H,4,7-10H2/t12-,14-/m1/s1. The molecule has 0 aromatic heterocycles. The van der Waals surface area contributed by atoms with Crippen molar-refractivity contribution >= 4 is 15.7 Å². The molecule has 2 heterocycles. The molecule has 0 spiro atoms. The monoisotopic (exact) mass is 347 g/mol. The predicted molar refractivity (Wildman–Crippen MR) is 77.6 cm³/mol. The Kier molecular flexibility index (Phi) is 3.70. The maximum atomic E-state index is 13.7. The second-order valence-electron chi connectivity index (χ2n) is 6.16. The van der Waals surface area contributed by atoms with Crippen LogP contribution in [-0.2, 0) is 9.84 Å². The van der Waals surface area contributed by atoms with Gasteiger partial charge in [-0.2, -0.15) is 13.2 Å². The molecule has 1 aromatic rings. The van der Waals surface area contributed by atoms with Gasteiger partial charge < -0.3 is 4.90 Å². The van der Waals surface area contributed by atoms with E-state index in [0.29, 0.717) is 0 Å². The van der Waals surface area contributed by atoms with E-state index in [1.807, 2.05) is 0 Å². The van der Waals surface area contributed by atoms with Gasteiger partial charge in [-0.25, -0.2) is 8.42 Å². The zero-order valence-electron chi connectivity index (χ0n) is 12.2. The molecule has 2 aliphatic heterocycles. The highest BCUT2D eigenvalue weighted by Gasteiger charge is 2.68. The Morgan fingerprint density at radius 1 is 1.22 bits per heavy atom. The maximum Gasteiger partial charge on any atom is 0.397 e. The van der Waals surface area contributed by atoms with Crippen molar-refractivity contribution in [2.24, 2.45) is 5.41 Å². The van der Waals surface area contributed by atoms with Gasteiger partial charge in [0.05, 0.1) is 11.0 Å². The SMILES string of the molecule is O=C(c1ccccc1)N1C[C@@H]2[C@@](C(F)(F)F)(CCCS2(=O)=O)C1. The number of halogens is 3. The van der Waals surface area contributed by atoms with Crippen LogP contribution in [0.3, 0.4) is 0 Å². The lowest BCUT2D eigenvalue weighted by Crippen LogP contribution is -2.53. The third-order valence-corrected chi connectivity index (χ3v) is 7.16. The van der Waals surface area contributed by atoms with Gasteiger partial charge in [-0.3, -0.25) is 4.79 Å². The molecular formula is C15H16F3NO3S. The lowest BCUT2D eigenvalue weighted by Gasteiger charge is -2.39. The lowest BCUT2D eigenvalue weighted by atomic mass is 9.81. The van der Waals surface area contributed by atoms with Gasteiger partial charge in [0.2, 0.25) is 0 Å². The van der Waals surface area contributed by atoms with Crippen molar-refractivity contribution in [1.29, 1.82) is 0 Å². The van der Waals surface area contributed by atoms with Crippen LogP contribution in [0.25, 0.3) is 0 Å². The Morgan fingerprint density at radius 2 is 1.87 bits per heavy atom. The molecule has 2 atom stereocenters. The van der Waals surface area contributed by atoms with Gasteiger partial charge in [0.25, 0.3) is 5.91 Å². The van der Waals surface area contributed by atoms with Gasteiger partial charge in [0.15, 0.2) is 9.84 Å². The van der Waals surface area contributed by atoms with Crippen molar-refractivity contribution in [3.63, 3.8) is 0 Å². The highest BCUT2D eigenvalue weighted by molar-refractivity contribution is 7.92. The van der Waals surface area contributed by atoms with E-state index >= 15 is 0 Å². The van der Waals surface area contributed by atoms with Crippen LogP contribution in [0.15, 0.2) is 30.3 Å². The normalized spacial score (nSPS) is 30.0. The van der Waals surface area contributed by atoms with Crippen molar-refractivity contribution in [3.8, 4) is 0 Å². The van der Waals surface area contributed by atoms with Crippen molar-refractivity contribution in [2.75, 3.05) is 18.8 Å². The van der Waals surface area contributed by atoms with Gasteiger partial charge in [0, 0.05) is 18.7 Å². The Balaban J connectivity index is 1.98. The highest BCUT2D eigenvalue weighted by atomic mass is 32.2. The quantitative estimate of drug-likeness (QED) is 0.783. The van der Waals surface area contributed by atoms with Crippen LogP contribution in [0, 0.1) is 5.41 Å². The summed E-state index contributed by atoms with van der Waals surface area (Å²) in [6, 6.07) is 7.96. The molecule has 1 aromatic carbocycles. The molecule has 126 valence electrons. The Labute approximate surface area is 132 Å². The van der Waals surface area contributed by atoms with E-state index in [-0.39, 0.29) is 24.2 Å². The lowest BCUT2D eigenvalue weighted by molar-refractivity contribution is -0.220. The molecule has 1 amide bonds. The van der Waals surface area contributed by atoms with Crippen molar-refractivity contribution in [1.82, 2.24) is 4.90 Å². The summed E-state index contributed by atoms with van der Waals surface area (Å²) in [5.74, 6) is -0.804. The van der Waals surface area contributed by atoms with E-state index in [4.69, 9.17) is 0 Å². The number of sulfone groups is 1. The minimum atomic E-state index is -4.66. The summed E-state index contributed by atoms with van der Waals surface area (Å²) in [7, 11) is -3.86. The molecule has 2 fully saturated rings. The summed E-state index contributed by atoms with van der Waals surface area (Å²) in [4.78, 5) is 13.5. The van der Waals surface area contributed by atoms with Crippen molar-refractivity contribution in [2.45, 2.75) is 24.3 Å². The number of alkyl halides is 3. The molecule has 2 saturated heterocycles. The van der Waals surface area contributed by atoms with Gasteiger partial charge in [-0.15, -0.1) is 0 Å². The molecule has 0 radical (unpaired) electrons. The highest BCUT2D eigenvalue weighted by Crippen LogP contribution is 2.53. The third kappa shape index (κ3) is 2.52. The van der Waals surface area contributed by atoms with Gasteiger partial charge in [0.1, 0.15) is 5.41 Å². The zero-order chi connectivity index (χ0) is 16.9. The van der Waals surface area contributed by atoms with Gasteiger partial charge in [-0.1, -0.05) is 18.2 Å². The summed E-state index contributed by atoms with van der Waals surface area (Å²) in [5.41, 5.74) is -2.07. The van der Waals surface area contributed by atoms with E-state index in [1.54, 1.807) is 18.2 Å². The number of hydrogen-bond donors (Lipinski definition) is 0. The average Bonchev–Trinajstić information content (AvgIpc) is 2.89. The summed E-state index contributed by atoms with van der Waals surface area (Å²) >= 11 is 0. The first-order valence-corrected chi connectivity index (χ1v) is 9.01. The number of carbonyl (C=O) groups is 1. The third-order valence-electron chi connectivity index (χ3n) is 4.83. The van der Waals surface area contributed by atoms with Crippen LogP contribution in [0.5, 0.6) is 0 Å². The number of rotatable bonds is 1. The number of nitrogens with zero attached hydrogens (tertiary/aromatic N) is 1. The fourth-order valence-electron chi connectivity index (χ4n) is 3.64. The number of carbonyl (C=O) groups excluding carboxylic acids is 1. The minimum Gasteiger partial charge on any atom is -0.336 e. The fourth-order valence-corrected chi connectivity index (χ4v) is 5.89. The predicted octanol–water partition coefficient (Wildman–Crippen LogP) is 2.27. The van der Waals surface area contributed by atoms with Crippen molar-refractivity contribution < 1.29 is 26.4 Å². The maximum absolute atomic E-state index is 13.7. The molecule has 8 heteroatoms. The van der Waals surface area contributed by atoms with Gasteiger partial charge in [-0.05, 0) is 25.0 Å². The van der Waals surface area contributed by atoms with Crippen LogP contribution < -0.4 is 0 Å². The van der Waals surface area contributed by atoms with Crippen LogP contribution >= 0.6 is 0 Å². The Hall–Kier alpha value is -1.57. The smallest absolute Gasteiger partial charge is 0.336 e. The number of hydrogen-bond acceptors (Lipinski definition) is 3. The topological polar surface area (TPSA) is 54.5 Å². The van der Waals surface area contributed by atoms with E-state index in [9.17, 15) is 26.4 Å². The average molecular weight is 347 g/mol. The first kappa shape index (κ1) is 16.3. The van der Waals surface area contributed by atoms with Crippen LogP contribution in [0.2, 0.25) is 0 Å². The molecule has 23 heavy (non-hydrogen) atoms. The van der Waals surface area contributed by atoms with Gasteiger partial charge >= 0.3 is 6.18 Å². The summed E-state index contributed by atoms with van der Waals surface area (Å²) in [6.45, 7) is -0.982. The molecule has 4 nitrogen and oxygen atoms in total. The molecule has 0 unspecified atom stereocenters. The van der Waals surface area contributed by atoms with E-state index in [0.717, 1.165) is 4.90 Å². The summed E-state index contributed by atoms with van der Waals surface area (Å²) in [5, 5.41) is -1.56. The van der Waals surface area contributed by atoms with E-state index < -0.39 is 45.7 Å². The van der Waals surface area contributed by atoms with E-state index in [2.05, 4.69) is 0 Å². The molecule has 0 saturated carbocycles. The minimum absolute atomic E-state index is 0.0221. The largest absolute Gasteiger partial charge is 0.397 e. The molecular weight excluding hydrogens is 331 g/mol. The number of likely N-dealkylation sites (tertiary alicyclic amines) is 1. The Morgan fingerprint density at radius 3 is 2.43 bits per heavy atom. The Bertz CT molecular complexity index is 717. The van der Waals surface area contributed by atoms with Crippen molar-refractivity contribution in [3.05, 3.63) is 35.9 Å². The first-order chi connectivity index (χ1) is 10.7. The number of amides is 1.